The van der Waals surface area contributed by atoms with E-state index < -0.39 is 198 Å². The molecule has 6 aliphatic heterocycles. The van der Waals surface area contributed by atoms with Crippen LogP contribution < -0.4 is 0 Å². The molecule has 32 atom stereocenters. The van der Waals surface area contributed by atoms with Crippen LogP contribution >= 0.6 is 0 Å². The predicted octanol–water partition coefficient (Wildman–Crippen LogP) is -4.01. The van der Waals surface area contributed by atoms with E-state index in [1.165, 1.54) is 11.1 Å². The number of ether oxygens (including phenoxy) is 11. The molecule has 1 spiro atoms. The average Bonchev–Trinajstić information content (AvgIpc) is 2.40. The van der Waals surface area contributed by atoms with Crippen LogP contribution in [0.3, 0.4) is 0 Å². The largest absolute Gasteiger partial charge is 0.396 e. The van der Waals surface area contributed by atoms with Gasteiger partial charge in [-0.3, -0.25) is 4.79 Å². The minimum Gasteiger partial charge on any atom is -0.396 e. The van der Waals surface area contributed by atoms with Crippen LogP contribution in [-0.2, 0) is 56.9 Å². The Kier molecular flexibility index (Phi) is 19.3. The van der Waals surface area contributed by atoms with E-state index >= 15 is 0 Å². The van der Waals surface area contributed by atoms with Gasteiger partial charge in [-0.2, -0.15) is 0 Å². The Labute approximate surface area is 487 Å². The maximum atomic E-state index is 13.0. The Bertz CT molecular complexity index is 2320. The second-order valence-corrected chi connectivity index (χ2v) is 26.5. The first-order chi connectivity index (χ1) is 39.7. The summed E-state index contributed by atoms with van der Waals surface area (Å²) in [4.78, 5) is 13.0. The highest BCUT2D eigenvalue weighted by molar-refractivity contribution is 5.83. The van der Waals surface area contributed by atoms with Crippen LogP contribution in [0.25, 0.3) is 0 Å². The highest BCUT2D eigenvalue weighted by Crippen LogP contribution is 2.75. The smallest absolute Gasteiger partial charge is 0.187 e. The average molecular weight is 1210 g/mol. The van der Waals surface area contributed by atoms with Crippen LogP contribution in [0.2, 0.25) is 0 Å². The monoisotopic (exact) mass is 1210 g/mol. The minimum atomic E-state index is -2.05. The van der Waals surface area contributed by atoms with Crippen LogP contribution in [0, 0.1) is 33.5 Å². The first kappa shape index (κ1) is 65.3. The van der Waals surface area contributed by atoms with Crippen molar-refractivity contribution in [2.75, 3.05) is 39.6 Å². The molecule has 15 N–H and O–H groups in total. The van der Waals surface area contributed by atoms with Crippen molar-refractivity contribution < 1.29 is 133 Å². The number of allylic oxidation sites excluding steroid dienone is 2. The van der Waals surface area contributed by atoms with Crippen LogP contribution in [0.15, 0.2) is 11.1 Å². The number of aliphatic hydroxyl groups is 15. The van der Waals surface area contributed by atoms with Crippen LogP contribution in [0.5, 0.6) is 0 Å². The Morgan fingerprint density at radius 3 is 1.79 bits per heavy atom. The number of fused-ring (bicyclic) bond motifs is 5. The van der Waals surface area contributed by atoms with E-state index in [1.807, 2.05) is 13.8 Å². The molecule has 4 aliphatic carbocycles. The molecule has 0 amide bonds. The molecule has 0 aromatic carbocycles. The van der Waals surface area contributed by atoms with Gasteiger partial charge in [-0.1, -0.05) is 52.7 Å². The summed E-state index contributed by atoms with van der Waals surface area (Å²) in [6, 6.07) is 0. The molecule has 0 aromatic heterocycles. The van der Waals surface area contributed by atoms with Crippen molar-refractivity contribution in [2.24, 2.45) is 33.5 Å². The van der Waals surface area contributed by atoms with Crippen molar-refractivity contribution in [3.63, 3.8) is 0 Å². The summed E-state index contributed by atoms with van der Waals surface area (Å²) in [6.07, 6.45) is -35.5. The normalized spacial score (nSPS) is 54.3. The Morgan fingerprint density at radius 2 is 1.13 bits per heavy atom. The number of rotatable bonds is 16. The van der Waals surface area contributed by atoms with Gasteiger partial charge in [0.1, 0.15) is 116 Å². The molecule has 84 heavy (non-hydrogen) atoms. The molecule has 27 heteroatoms. The van der Waals surface area contributed by atoms with Gasteiger partial charge in [-0.05, 0) is 80.5 Å². The molecule has 482 valence electrons. The third-order valence-corrected chi connectivity index (χ3v) is 22.2. The van der Waals surface area contributed by atoms with E-state index in [0.29, 0.717) is 19.3 Å². The molecular formula is C57H92O27. The van der Waals surface area contributed by atoms with E-state index in [4.69, 9.17) is 52.1 Å². The van der Waals surface area contributed by atoms with Crippen molar-refractivity contribution in [3.05, 3.63) is 11.1 Å². The van der Waals surface area contributed by atoms with E-state index in [2.05, 4.69) is 27.7 Å². The van der Waals surface area contributed by atoms with Gasteiger partial charge in [0.2, 0.25) is 0 Å². The van der Waals surface area contributed by atoms with Crippen molar-refractivity contribution in [2.45, 2.75) is 265 Å². The van der Waals surface area contributed by atoms with Crippen molar-refractivity contribution in [1.82, 2.24) is 0 Å². The lowest BCUT2D eigenvalue weighted by Crippen LogP contribution is -2.68. The number of carbonyl (C=O) groups is 1. The van der Waals surface area contributed by atoms with E-state index in [9.17, 15) is 81.4 Å². The molecule has 6 heterocycles. The summed E-state index contributed by atoms with van der Waals surface area (Å²) in [5.74, 6) is 0.294. The van der Waals surface area contributed by atoms with Crippen molar-refractivity contribution in [1.29, 1.82) is 0 Å². The number of hydrogen-bond acceptors (Lipinski definition) is 27. The summed E-state index contributed by atoms with van der Waals surface area (Å²) in [5, 5.41) is 164. The van der Waals surface area contributed by atoms with Gasteiger partial charge in [0.15, 0.2) is 37.2 Å². The number of Topliss-reactive ketones (excluding diaryl/α,β-unsaturated/α-hetero) is 1. The van der Waals surface area contributed by atoms with Gasteiger partial charge in [-0.25, -0.2) is 0 Å². The molecule has 0 radical (unpaired) electrons. The van der Waals surface area contributed by atoms with Gasteiger partial charge < -0.3 is 129 Å². The fourth-order valence-electron chi connectivity index (χ4n) is 16.9. The number of ketones is 1. The second kappa shape index (κ2) is 24.9. The van der Waals surface area contributed by atoms with E-state index in [0.717, 1.165) is 44.9 Å². The van der Waals surface area contributed by atoms with E-state index in [1.54, 1.807) is 0 Å². The van der Waals surface area contributed by atoms with Crippen LogP contribution in [0.4, 0.5) is 0 Å². The zero-order valence-electron chi connectivity index (χ0n) is 48.5. The van der Waals surface area contributed by atoms with Gasteiger partial charge >= 0.3 is 0 Å². The number of hydrogen-bond donors (Lipinski definition) is 15. The lowest BCUT2D eigenvalue weighted by molar-refractivity contribution is -0.403. The summed E-state index contributed by atoms with van der Waals surface area (Å²) < 4.78 is 66.9. The fraction of sp³-hybridized carbons (Fsp3) is 0.947. The quantitative estimate of drug-likeness (QED) is 0.0655. The third-order valence-electron chi connectivity index (χ3n) is 22.2. The predicted molar refractivity (Wildman–Crippen MR) is 281 cm³/mol. The summed E-state index contributed by atoms with van der Waals surface area (Å²) >= 11 is 0. The zero-order valence-corrected chi connectivity index (χ0v) is 48.5. The molecule has 10 aliphatic rings. The van der Waals surface area contributed by atoms with Crippen LogP contribution in [0.1, 0.15) is 106 Å². The standard InChI is InChI=1S/C57H92O27/c1-7-26(61)29-16-23(2)57(84-29)15-14-55(5)25-8-9-33-53(3,24(25)10-13-56(55,57)6)12-11-34(54(33,4)22-60)80-49-43(72)41(70)38(67)32(79-49)21-76-51-46(36(65)28(63)20-75-51)82-52-47(83-48-42(71)35(64)27(62)19-74-48)45(39(68)31(18-59)78-52)81-50-44(73)40(69)37(66)30(17-58)77-50/h23,27-52,58-60,62-73H,7-22H2,1-6H3/t23-,27+,28+,29+,30-,31-,32-,33-,34+,35+,36+,37-,38-,39-,40+,41+,42-,43-,44-,45+,46-,47-,48+,49+,50+,51+,52+,53-,54+,55+,56+,57+/m1/s1. The fourth-order valence-corrected chi connectivity index (χ4v) is 16.9. The molecule has 2 saturated carbocycles. The SMILES string of the molecule is CCC(=O)[C@@H]1C[C@@H](C)[C@]2(CC[C@@]3(C)C4=C(CC[C@@]32C)[C@@]2(C)CC[C@H](O[C@@H]3O[C@H](CO[C@@H]5OC[C@H](O)[C@H](O)[C@H]5O[C@@H]5O[C@H](CO)[C@@H](O)[C@H](O[C@@H]6O[C@H](CO)[C@@H](O)[C@H](O)[C@H]6O)[C@H]5O[C@@H]5OC[C@H](O)[C@H](O)[C@H]5O)[C@@H](O)[C@H](O)[C@H]3O)[C@@](C)(CO)[C@@H]2CC4)O1. The molecule has 27 nitrogen and oxygen atoms in total. The highest BCUT2D eigenvalue weighted by Gasteiger charge is 2.72. The van der Waals surface area contributed by atoms with Crippen molar-refractivity contribution in [3.8, 4) is 0 Å². The number of aliphatic hydroxyl groups excluding tert-OH is 15. The molecule has 10 rings (SSSR count). The second-order valence-electron chi connectivity index (χ2n) is 26.5. The topological polar surface area (TPSA) is 422 Å². The Morgan fingerprint density at radius 1 is 0.560 bits per heavy atom. The zero-order chi connectivity index (χ0) is 60.9. The Balaban J connectivity index is 0.854. The summed E-state index contributed by atoms with van der Waals surface area (Å²) in [6.45, 7) is 9.25. The lowest BCUT2D eigenvalue weighted by atomic mass is 9.42. The first-order valence-electron chi connectivity index (χ1n) is 30.0. The van der Waals surface area contributed by atoms with Gasteiger partial charge in [0.25, 0.3) is 0 Å². The molecular weight excluding hydrogens is 1120 g/mol. The minimum absolute atomic E-state index is 0.0787. The maximum Gasteiger partial charge on any atom is 0.187 e. The summed E-state index contributed by atoms with van der Waals surface area (Å²) in [5.41, 5.74) is 0.877. The molecule has 8 fully saturated rings. The van der Waals surface area contributed by atoms with E-state index in [-0.39, 0.29) is 40.5 Å². The maximum absolute atomic E-state index is 13.0. The molecule has 0 aromatic rings. The molecule has 0 bridgehead atoms. The van der Waals surface area contributed by atoms with Gasteiger partial charge in [0.05, 0.1) is 51.3 Å². The first-order valence-corrected chi connectivity index (χ1v) is 30.0. The lowest BCUT2D eigenvalue weighted by Gasteiger charge is -2.63. The van der Waals surface area contributed by atoms with Crippen LogP contribution in [-0.4, -0.2) is 281 Å². The third kappa shape index (κ3) is 10.7. The number of carbonyl (C=O) groups excluding carboxylic acids is 1. The van der Waals surface area contributed by atoms with Gasteiger partial charge in [-0.15, -0.1) is 0 Å². The highest BCUT2D eigenvalue weighted by atomic mass is 16.8. The van der Waals surface area contributed by atoms with Gasteiger partial charge in [0, 0.05) is 17.3 Å². The Hall–Kier alpha value is -1.63. The molecule has 6 saturated heterocycles. The molecule has 0 unspecified atom stereocenters. The summed E-state index contributed by atoms with van der Waals surface area (Å²) in [7, 11) is 0. The van der Waals surface area contributed by atoms with Crippen molar-refractivity contribution >= 4 is 5.78 Å².